The highest BCUT2D eigenvalue weighted by molar-refractivity contribution is 7.80. The largest absolute Gasteiger partial charge is 0.444 e. The van der Waals surface area contributed by atoms with Crippen molar-refractivity contribution >= 4 is 30.5 Å². The quantitative estimate of drug-likeness (QED) is 0.361. The minimum absolute atomic E-state index is 0.0751. The summed E-state index contributed by atoms with van der Waals surface area (Å²) in [6.45, 7) is 13.9. The Hall–Kier alpha value is -2.22. The van der Waals surface area contributed by atoms with Gasteiger partial charge in [0.1, 0.15) is 17.7 Å². The normalized spacial score (nSPS) is 13.1. The third kappa shape index (κ3) is 8.37. The predicted molar refractivity (Wildman–Crippen MR) is 131 cm³/mol. The minimum Gasteiger partial charge on any atom is -0.444 e. The number of benzene rings is 1. The van der Waals surface area contributed by atoms with Crippen LogP contribution in [0.3, 0.4) is 0 Å². The standard InChI is InChI=1S/C24H39N3O4S/c1-8-10-13-25-21(28)20(18-12-11-16(3)17(4)14-18)27(9-2)22(29)19(15-32)26-23(30)31-24(5,6)7/h11-12,14,19-20,32H,8-10,13,15H2,1-7H3,(H,25,28)(H,26,30). The number of carbonyl (C=O) groups is 3. The van der Waals surface area contributed by atoms with Gasteiger partial charge < -0.3 is 20.3 Å². The number of nitrogens with zero attached hydrogens (tertiary/aromatic N) is 1. The number of thiol groups is 1. The van der Waals surface area contributed by atoms with Crippen molar-refractivity contribution < 1.29 is 19.1 Å². The first-order chi connectivity index (χ1) is 14.9. The van der Waals surface area contributed by atoms with Crippen LogP contribution in [-0.2, 0) is 14.3 Å². The van der Waals surface area contributed by atoms with E-state index in [4.69, 9.17) is 4.74 Å². The SMILES string of the molecule is CCCCNC(=O)C(c1ccc(C)c(C)c1)N(CC)C(=O)C(CS)NC(=O)OC(C)(C)C. The fourth-order valence-electron chi connectivity index (χ4n) is 3.19. The molecule has 0 saturated heterocycles. The summed E-state index contributed by atoms with van der Waals surface area (Å²) in [7, 11) is 0. The van der Waals surface area contributed by atoms with Crippen LogP contribution in [0.25, 0.3) is 0 Å². The van der Waals surface area contributed by atoms with E-state index in [1.807, 2.05) is 39.0 Å². The lowest BCUT2D eigenvalue weighted by molar-refractivity contribution is -0.141. The Bertz CT molecular complexity index is 792. The number of aryl methyl sites for hydroxylation is 2. The lowest BCUT2D eigenvalue weighted by Gasteiger charge is -2.33. The smallest absolute Gasteiger partial charge is 0.408 e. The predicted octanol–water partition coefficient (Wildman–Crippen LogP) is 3.93. The number of carbonyl (C=O) groups excluding carboxylic acids is 3. The highest BCUT2D eigenvalue weighted by Crippen LogP contribution is 2.25. The molecule has 2 atom stereocenters. The van der Waals surface area contributed by atoms with Crippen molar-refractivity contribution in [3.05, 3.63) is 34.9 Å². The Morgan fingerprint density at radius 1 is 1.12 bits per heavy atom. The highest BCUT2D eigenvalue weighted by Gasteiger charge is 2.35. The van der Waals surface area contributed by atoms with E-state index in [9.17, 15) is 14.4 Å². The summed E-state index contributed by atoms with van der Waals surface area (Å²) < 4.78 is 5.29. The third-order valence-electron chi connectivity index (χ3n) is 5.03. The van der Waals surface area contributed by atoms with E-state index in [-0.39, 0.29) is 24.1 Å². The maximum atomic E-state index is 13.4. The topological polar surface area (TPSA) is 87.7 Å². The van der Waals surface area contributed by atoms with Gasteiger partial charge in [-0.2, -0.15) is 12.6 Å². The first-order valence-electron chi connectivity index (χ1n) is 11.2. The summed E-state index contributed by atoms with van der Waals surface area (Å²) in [6, 6.07) is 4.02. The zero-order valence-electron chi connectivity index (χ0n) is 20.4. The molecule has 8 heteroatoms. The molecule has 180 valence electrons. The number of hydrogen-bond donors (Lipinski definition) is 3. The van der Waals surface area contributed by atoms with E-state index < -0.39 is 23.8 Å². The van der Waals surface area contributed by atoms with Crippen molar-refractivity contribution in [3.63, 3.8) is 0 Å². The molecule has 0 bridgehead atoms. The molecule has 0 aliphatic heterocycles. The van der Waals surface area contributed by atoms with Crippen LogP contribution in [0.5, 0.6) is 0 Å². The van der Waals surface area contributed by atoms with E-state index >= 15 is 0 Å². The summed E-state index contributed by atoms with van der Waals surface area (Å²) in [6.07, 6.45) is 1.10. The maximum absolute atomic E-state index is 13.4. The van der Waals surface area contributed by atoms with Crippen molar-refractivity contribution in [1.82, 2.24) is 15.5 Å². The Balaban J connectivity index is 3.24. The Morgan fingerprint density at radius 3 is 2.28 bits per heavy atom. The zero-order valence-corrected chi connectivity index (χ0v) is 21.3. The van der Waals surface area contributed by atoms with Crippen LogP contribution in [0.15, 0.2) is 18.2 Å². The highest BCUT2D eigenvalue weighted by atomic mass is 32.1. The molecule has 1 aromatic carbocycles. The van der Waals surface area contributed by atoms with Gasteiger partial charge in [-0.25, -0.2) is 4.79 Å². The van der Waals surface area contributed by atoms with Crippen LogP contribution >= 0.6 is 12.6 Å². The Kier molecular flexibility index (Phi) is 11.1. The number of nitrogens with one attached hydrogen (secondary N) is 2. The van der Waals surface area contributed by atoms with Gasteiger partial charge in [0.25, 0.3) is 0 Å². The van der Waals surface area contributed by atoms with Crippen LogP contribution in [-0.4, -0.2) is 53.3 Å². The zero-order chi connectivity index (χ0) is 24.5. The van der Waals surface area contributed by atoms with Crippen molar-refractivity contribution in [2.45, 2.75) is 79.0 Å². The van der Waals surface area contributed by atoms with E-state index in [1.165, 1.54) is 4.90 Å². The first kappa shape index (κ1) is 27.8. The molecule has 2 N–H and O–H groups in total. The summed E-state index contributed by atoms with van der Waals surface area (Å²) >= 11 is 4.26. The number of hydrogen-bond acceptors (Lipinski definition) is 5. The summed E-state index contributed by atoms with van der Waals surface area (Å²) in [4.78, 5) is 40.4. The average molecular weight is 466 g/mol. The van der Waals surface area contributed by atoms with E-state index in [2.05, 4.69) is 30.2 Å². The molecule has 2 unspecified atom stereocenters. The number of rotatable bonds is 10. The molecule has 0 heterocycles. The maximum Gasteiger partial charge on any atom is 0.408 e. The summed E-state index contributed by atoms with van der Waals surface area (Å²) in [5.74, 6) is -0.555. The van der Waals surface area contributed by atoms with E-state index in [1.54, 1.807) is 20.8 Å². The molecule has 7 nitrogen and oxygen atoms in total. The number of alkyl carbamates (subject to hydrolysis) is 1. The molecular weight excluding hydrogens is 426 g/mol. The molecule has 0 saturated carbocycles. The molecule has 0 aliphatic rings. The summed E-state index contributed by atoms with van der Waals surface area (Å²) in [5.41, 5.74) is 2.18. The second-order valence-electron chi connectivity index (χ2n) is 8.90. The van der Waals surface area contributed by atoms with Gasteiger partial charge in [-0.05, 0) is 64.7 Å². The first-order valence-corrected chi connectivity index (χ1v) is 11.8. The van der Waals surface area contributed by atoms with Crippen LogP contribution in [0.2, 0.25) is 0 Å². The van der Waals surface area contributed by atoms with Crippen LogP contribution < -0.4 is 10.6 Å². The molecule has 0 radical (unpaired) electrons. The molecule has 0 spiro atoms. The number of amides is 3. The fourth-order valence-corrected chi connectivity index (χ4v) is 3.44. The molecule has 1 aromatic rings. The van der Waals surface area contributed by atoms with Crippen LogP contribution in [0.4, 0.5) is 4.79 Å². The number of likely N-dealkylation sites (N-methyl/N-ethyl adjacent to an activating group) is 1. The van der Waals surface area contributed by atoms with Crippen LogP contribution in [0, 0.1) is 13.8 Å². The summed E-state index contributed by atoms with van der Waals surface area (Å²) in [5, 5.41) is 5.55. The van der Waals surface area contributed by atoms with Crippen molar-refractivity contribution in [3.8, 4) is 0 Å². The van der Waals surface area contributed by atoms with Crippen molar-refractivity contribution in [1.29, 1.82) is 0 Å². The van der Waals surface area contributed by atoms with Gasteiger partial charge in [0.2, 0.25) is 11.8 Å². The molecule has 0 fully saturated rings. The van der Waals surface area contributed by atoms with E-state index in [0.717, 1.165) is 29.5 Å². The molecule has 0 aliphatic carbocycles. The molecule has 32 heavy (non-hydrogen) atoms. The fraction of sp³-hybridized carbons (Fsp3) is 0.625. The lowest BCUT2D eigenvalue weighted by atomic mass is 9.98. The van der Waals surface area contributed by atoms with Gasteiger partial charge in [-0.1, -0.05) is 31.5 Å². The number of ether oxygens (including phenoxy) is 1. The minimum atomic E-state index is -0.925. The van der Waals surface area contributed by atoms with Gasteiger partial charge in [0, 0.05) is 18.8 Å². The van der Waals surface area contributed by atoms with Gasteiger partial charge in [0.05, 0.1) is 0 Å². The van der Waals surface area contributed by atoms with Crippen molar-refractivity contribution in [2.75, 3.05) is 18.8 Å². The molecule has 3 amide bonds. The second-order valence-corrected chi connectivity index (χ2v) is 9.26. The molecule has 0 aromatic heterocycles. The second kappa shape index (κ2) is 12.7. The van der Waals surface area contributed by atoms with Crippen LogP contribution in [0.1, 0.15) is 70.2 Å². The van der Waals surface area contributed by atoms with E-state index in [0.29, 0.717) is 6.54 Å². The van der Waals surface area contributed by atoms with Gasteiger partial charge in [0.15, 0.2) is 0 Å². The van der Waals surface area contributed by atoms with Gasteiger partial charge in [-0.3, -0.25) is 9.59 Å². The third-order valence-corrected chi connectivity index (χ3v) is 5.40. The average Bonchev–Trinajstić information content (AvgIpc) is 2.70. The molecule has 1 rings (SSSR count). The number of unbranched alkanes of at least 4 members (excludes halogenated alkanes) is 1. The Labute approximate surface area is 198 Å². The molecular formula is C24H39N3O4S. The van der Waals surface area contributed by atoms with Gasteiger partial charge in [-0.15, -0.1) is 0 Å². The Morgan fingerprint density at radius 2 is 1.78 bits per heavy atom. The monoisotopic (exact) mass is 465 g/mol. The van der Waals surface area contributed by atoms with Crippen molar-refractivity contribution in [2.24, 2.45) is 0 Å². The lowest BCUT2D eigenvalue weighted by Crippen LogP contribution is -2.53. The van der Waals surface area contributed by atoms with Gasteiger partial charge >= 0.3 is 6.09 Å².